The normalized spacial score (nSPS) is 16.5. The number of hydrogen-bond acceptors (Lipinski definition) is 4. The van der Waals surface area contributed by atoms with Crippen LogP contribution in [0.3, 0.4) is 0 Å². The van der Waals surface area contributed by atoms with Crippen LogP contribution in [-0.4, -0.2) is 37.0 Å². The fourth-order valence-corrected chi connectivity index (χ4v) is 4.05. The maximum absolute atomic E-state index is 13.4. The molecule has 2 atom stereocenters. The topological polar surface area (TPSA) is 67.9 Å². The molecule has 0 spiro atoms. The van der Waals surface area contributed by atoms with Crippen molar-refractivity contribution in [3.8, 4) is 11.5 Å². The predicted molar refractivity (Wildman–Crippen MR) is 120 cm³/mol. The number of fused-ring (bicyclic) bond motifs is 1. The highest BCUT2D eigenvalue weighted by molar-refractivity contribution is 5.89. The molecule has 1 heterocycles. The van der Waals surface area contributed by atoms with E-state index in [0.717, 1.165) is 16.7 Å². The fraction of sp³-hybridized carbons (Fsp3) is 0.440. The summed E-state index contributed by atoms with van der Waals surface area (Å²) in [4.78, 5) is 28.1. The Bertz CT molecular complexity index is 941. The van der Waals surface area contributed by atoms with Crippen molar-refractivity contribution in [3.63, 3.8) is 0 Å². The van der Waals surface area contributed by atoms with Gasteiger partial charge in [-0.05, 0) is 42.2 Å². The van der Waals surface area contributed by atoms with Crippen molar-refractivity contribution < 1.29 is 19.1 Å². The van der Waals surface area contributed by atoms with Gasteiger partial charge in [0.2, 0.25) is 11.8 Å². The Morgan fingerprint density at radius 3 is 2.42 bits per heavy atom. The number of amides is 2. The van der Waals surface area contributed by atoms with Gasteiger partial charge in [-0.25, -0.2) is 0 Å². The Labute approximate surface area is 184 Å². The fourth-order valence-electron chi connectivity index (χ4n) is 4.05. The van der Waals surface area contributed by atoms with E-state index in [9.17, 15) is 9.59 Å². The average molecular weight is 425 g/mol. The van der Waals surface area contributed by atoms with Crippen LogP contribution in [0.2, 0.25) is 0 Å². The van der Waals surface area contributed by atoms with Crippen LogP contribution < -0.4 is 14.8 Å². The Hall–Kier alpha value is -3.02. The lowest BCUT2D eigenvalue weighted by atomic mass is 9.92. The molecule has 0 saturated carbocycles. The molecular formula is C25H32N2O4. The number of nitrogens with one attached hydrogen (secondary N) is 1. The van der Waals surface area contributed by atoms with E-state index in [-0.39, 0.29) is 23.8 Å². The van der Waals surface area contributed by atoms with Gasteiger partial charge in [-0.15, -0.1) is 0 Å². The second kappa shape index (κ2) is 9.86. The summed E-state index contributed by atoms with van der Waals surface area (Å²) in [5.74, 6) is 1.45. The first kappa shape index (κ1) is 22.7. The third-order valence-electron chi connectivity index (χ3n) is 5.72. The quantitative estimate of drug-likeness (QED) is 0.732. The van der Waals surface area contributed by atoms with Crippen molar-refractivity contribution in [1.82, 2.24) is 10.2 Å². The Morgan fingerprint density at radius 2 is 1.77 bits per heavy atom. The summed E-state index contributed by atoms with van der Waals surface area (Å²) >= 11 is 0. The van der Waals surface area contributed by atoms with Crippen LogP contribution in [-0.2, 0) is 22.6 Å². The summed E-state index contributed by atoms with van der Waals surface area (Å²) in [6, 6.07) is 12.7. The molecule has 0 radical (unpaired) electrons. The largest absolute Gasteiger partial charge is 0.497 e. The monoisotopic (exact) mass is 424 g/mol. The van der Waals surface area contributed by atoms with E-state index < -0.39 is 6.04 Å². The molecule has 0 saturated heterocycles. The van der Waals surface area contributed by atoms with Gasteiger partial charge in [0, 0.05) is 24.9 Å². The van der Waals surface area contributed by atoms with Gasteiger partial charge in [0.25, 0.3) is 0 Å². The van der Waals surface area contributed by atoms with Gasteiger partial charge in [0.15, 0.2) is 0 Å². The highest BCUT2D eigenvalue weighted by atomic mass is 16.5. The maximum Gasteiger partial charge on any atom is 0.243 e. The molecule has 3 rings (SSSR count). The van der Waals surface area contributed by atoms with Gasteiger partial charge in [-0.2, -0.15) is 0 Å². The minimum atomic E-state index is -0.541. The summed E-state index contributed by atoms with van der Waals surface area (Å²) in [5.41, 5.74) is 3.04. The maximum atomic E-state index is 13.4. The third kappa shape index (κ3) is 5.19. The summed E-state index contributed by atoms with van der Waals surface area (Å²) in [7, 11) is 3.21. The SMILES string of the molecule is COc1ccc(OC)c(C(C)NC(=O)C2Cc3ccccc3CN2C(=O)CC(C)C)c1. The summed E-state index contributed by atoms with van der Waals surface area (Å²) in [5, 5.41) is 3.09. The van der Waals surface area contributed by atoms with Crippen molar-refractivity contribution in [2.45, 2.75) is 52.2 Å². The van der Waals surface area contributed by atoms with Crippen LogP contribution in [0.15, 0.2) is 42.5 Å². The molecule has 2 aromatic rings. The number of nitrogens with zero attached hydrogens (tertiary/aromatic N) is 1. The average Bonchev–Trinajstić information content (AvgIpc) is 2.77. The number of hydrogen-bond donors (Lipinski definition) is 1. The van der Waals surface area contributed by atoms with E-state index >= 15 is 0 Å². The predicted octanol–water partition coefficient (Wildman–Crippen LogP) is 3.88. The van der Waals surface area contributed by atoms with E-state index in [4.69, 9.17) is 9.47 Å². The highest BCUT2D eigenvalue weighted by Gasteiger charge is 2.35. The lowest BCUT2D eigenvalue weighted by Crippen LogP contribution is -2.53. The third-order valence-corrected chi connectivity index (χ3v) is 5.72. The molecule has 6 nitrogen and oxygen atoms in total. The zero-order valence-electron chi connectivity index (χ0n) is 19.0. The Kier molecular flexibility index (Phi) is 7.21. The second-order valence-electron chi connectivity index (χ2n) is 8.45. The lowest BCUT2D eigenvalue weighted by molar-refractivity contribution is -0.142. The summed E-state index contributed by atoms with van der Waals surface area (Å²) in [6.45, 7) is 6.40. The molecule has 0 aromatic heterocycles. The lowest BCUT2D eigenvalue weighted by Gasteiger charge is -2.37. The molecule has 0 aliphatic carbocycles. The van der Waals surface area contributed by atoms with E-state index in [2.05, 4.69) is 5.32 Å². The van der Waals surface area contributed by atoms with E-state index in [1.54, 1.807) is 19.1 Å². The van der Waals surface area contributed by atoms with Crippen molar-refractivity contribution in [1.29, 1.82) is 0 Å². The van der Waals surface area contributed by atoms with Crippen LogP contribution in [0.1, 0.15) is 49.9 Å². The van der Waals surface area contributed by atoms with Gasteiger partial charge in [-0.1, -0.05) is 38.1 Å². The van der Waals surface area contributed by atoms with E-state index in [0.29, 0.717) is 30.9 Å². The number of carbonyl (C=O) groups excluding carboxylic acids is 2. The molecule has 1 aliphatic heterocycles. The van der Waals surface area contributed by atoms with Gasteiger partial charge in [0.05, 0.1) is 20.3 Å². The van der Waals surface area contributed by atoms with Crippen LogP contribution in [0, 0.1) is 5.92 Å². The molecule has 6 heteroatoms. The van der Waals surface area contributed by atoms with E-state index in [1.807, 2.05) is 63.2 Å². The molecule has 0 bridgehead atoms. The standard InChI is InChI=1S/C25H32N2O4/c1-16(2)12-24(28)27-15-19-9-7-6-8-18(19)13-22(27)25(29)26-17(3)21-14-20(30-4)10-11-23(21)31-5/h6-11,14,16-17,22H,12-13,15H2,1-5H3,(H,26,29). The van der Waals surface area contributed by atoms with Crippen molar-refractivity contribution in [2.75, 3.05) is 14.2 Å². The Morgan fingerprint density at radius 1 is 1.06 bits per heavy atom. The minimum absolute atomic E-state index is 0.0104. The van der Waals surface area contributed by atoms with Gasteiger partial charge in [0.1, 0.15) is 17.5 Å². The number of methoxy groups -OCH3 is 2. The van der Waals surface area contributed by atoms with Crippen molar-refractivity contribution in [3.05, 3.63) is 59.2 Å². The molecule has 1 N–H and O–H groups in total. The first-order valence-electron chi connectivity index (χ1n) is 10.7. The van der Waals surface area contributed by atoms with Crippen LogP contribution in [0.4, 0.5) is 0 Å². The molecule has 1 aliphatic rings. The first-order chi connectivity index (χ1) is 14.8. The van der Waals surface area contributed by atoms with Gasteiger partial charge >= 0.3 is 0 Å². The molecule has 166 valence electrons. The van der Waals surface area contributed by atoms with Gasteiger partial charge < -0.3 is 19.7 Å². The molecule has 31 heavy (non-hydrogen) atoms. The van der Waals surface area contributed by atoms with Crippen LogP contribution >= 0.6 is 0 Å². The smallest absolute Gasteiger partial charge is 0.243 e. The number of carbonyl (C=O) groups is 2. The number of ether oxygens (including phenoxy) is 2. The number of rotatable bonds is 7. The second-order valence-corrected chi connectivity index (χ2v) is 8.45. The van der Waals surface area contributed by atoms with Gasteiger partial charge in [-0.3, -0.25) is 9.59 Å². The van der Waals surface area contributed by atoms with E-state index in [1.165, 1.54) is 0 Å². The molecule has 2 amide bonds. The zero-order chi connectivity index (χ0) is 22.5. The van der Waals surface area contributed by atoms with Crippen LogP contribution in [0.5, 0.6) is 11.5 Å². The molecule has 0 fully saturated rings. The van der Waals surface area contributed by atoms with Crippen molar-refractivity contribution >= 4 is 11.8 Å². The van der Waals surface area contributed by atoms with Crippen molar-refractivity contribution in [2.24, 2.45) is 5.92 Å². The number of benzene rings is 2. The minimum Gasteiger partial charge on any atom is -0.497 e. The zero-order valence-corrected chi connectivity index (χ0v) is 19.0. The first-order valence-corrected chi connectivity index (χ1v) is 10.7. The Balaban J connectivity index is 1.85. The summed E-state index contributed by atoms with van der Waals surface area (Å²) < 4.78 is 10.8. The van der Waals surface area contributed by atoms with Crippen LogP contribution in [0.25, 0.3) is 0 Å². The highest BCUT2D eigenvalue weighted by Crippen LogP contribution is 2.30. The molecular weight excluding hydrogens is 392 g/mol. The molecule has 2 unspecified atom stereocenters. The molecule has 2 aromatic carbocycles. The summed E-state index contributed by atoms with van der Waals surface area (Å²) in [6.07, 6.45) is 0.930.